The Kier molecular flexibility index (Phi) is 5.29. The minimum absolute atomic E-state index is 0.0789. The maximum Gasteiger partial charge on any atom is 0.416 e. The number of fused-ring (bicyclic) bond motifs is 1. The lowest BCUT2D eigenvalue weighted by Crippen LogP contribution is -2.47. The fourth-order valence-electron chi connectivity index (χ4n) is 3.07. The van der Waals surface area contributed by atoms with E-state index in [0.29, 0.717) is 40.7 Å². The summed E-state index contributed by atoms with van der Waals surface area (Å²) in [5.41, 5.74) is -0.352. The van der Waals surface area contributed by atoms with Gasteiger partial charge in [-0.3, -0.25) is 4.79 Å². The third-order valence-corrected chi connectivity index (χ3v) is 5.59. The number of hydrogen-bond acceptors (Lipinski definition) is 4. The van der Waals surface area contributed by atoms with Crippen LogP contribution >= 0.6 is 11.3 Å². The molecule has 4 nitrogen and oxygen atoms in total. The zero-order valence-electron chi connectivity index (χ0n) is 13.9. The molecule has 1 amide bonds. The molecule has 0 radical (unpaired) electrons. The number of alkyl halides is 3. The van der Waals surface area contributed by atoms with Crippen LogP contribution in [0.5, 0.6) is 0 Å². The predicted octanol–water partition coefficient (Wildman–Crippen LogP) is 3.46. The molecule has 0 bridgehead atoms. The van der Waals surface area contributed by atoms with E-state index in [4.69, 9.17) is 0 Å². The number of halogens is 3. The van der Waals surface area contributed by atoms with Crippen molar-refractivity contribution in [1.82, 2.24) is 15.2 Å². The number of piperidine rings is 1. The van der Waals surface area contributed by atoms with Gasteiger partial charge in [-0.2, -0.15) is 13.2 Å². The highest BCUT2D eigenvalue weighted by Crippen LogP contribution is 2.33. The lowest BCUT2D eigenvalue weighted by molar-refractivity contribution is -0.137. The van der Waals surface area contributed by atoms with Gasteiger partial charge in [0, 0.05) is 32.0 Å². The Balaban J connectivity index is 1.64. The molecule has 3 rings (SSSR count). The average molecular weight is 371 g/mol. The quantitative estimate of drug-likeness (QED) is 0.895. The highest BCUT2D eigenvalue weighted by molar-refractivity contribution is 7.18. The summed E-state index contributed by atoms with van der Waals surface area (Å²) >= 11 is 1.35. The number of nitrogens with zero attached hydrogens (tertiary/aromatic N) is 2. The molecule has 8 heteroatoms. The van der Waals surface area contributed by atoms with E-state index in [1.165, 1.54) is 17.4 Å². The number of rotatable bonds is 4. The molecular weight excluding hydrogens is 351 g/mol. The van der Waals surface area contributed by atoms with Gasteiger partial charge in [0.1, 0.15) is 0 Å². The largest absolute Gasteiger partial charge is 0.416 e. The lowest BCUT2D eigenvalue weighted by atomic mass is 10.1. The molecule has 0 aliphatic carbocycles. The molecule has 25 heavy (non-hydrogen) atoms. The number of carbonyl (C=O) groups excluding carboxylic acids is 1. The van der Waals surface area contributed by atoms with Crippen LogP contribution in [0.25, 0.3) is 10.2 Å². The SMILES string of the molecule is CNC1CCCN(C(=O)CCc2nc3cc(C(F)(F)F)ccc3s2)C1. The van der Waals surface area contributed by atoms with Crippen LogP contribution in [0.2, 0.25) is 0 Å². The van der Waals surface area contributed by atoms with Gasteiger partial charge in [0.05, 0.1) is 20.8 Å². The Morgan fingerprint density at radius 3 is 2.96 bits per heavy atom. The molecule has 136 valence electrons. The molecule has 1 aromatic carbocycles. The molecule has 0 saturated carbocycles. The van der Waals surface area contributed by atoms with Crippen molar-refractivity contribution in [3.05, 3.63) is 28.8 Å². The van der Waals surface area contributed by atoms with Gasteiger partial charge in [-0.15, -0.1) is 11.3 Å². The van der Waals surface area contributed by atoms with E-state index in [1.807, 2.05) is 11.9 Å². The second-order valence-electron chi connectivity index (χ2n) is 6.26. The molecule has 1 unspecified atom stereocenters. The van der Waals surface area contributed by atoms with Gasteiger partial charge < -0.3 is 10.2 Å². The second kappa shape index (κ2) is 7.29. The highest BCUT2D eigenvalue weighted by atomic mass is 32.1. The number of amides is 1. The third kappa shape index (κ3) is 4.30. The Morgan fingerprint density at radius 1 is 1.44 bits per heavy atom. The fourth-order valence-corrected chi connectivity index (χ4v) is 4.02. The molecule has 1 aliphatic rings. The zero-order chi connectivity index (χ0) is 18.0. The molecular formula is C17H20F3N3OS. The summed E-state index contributed by atoms with van der Waals surface area (Å²) in [4.78, 5) is 18.5. The lowest BCUT2D eigenvalue weighted by Gasteiger charge is -2.32. The van der Waals surface area contributed by atoms with Gasteiger partial charge in [-0.25, -0.2) is 4.98 Å². The smallest absolute Gasteiger partial charge is 0.341 e. The van der Waals surface area contributed by atoms with E-state index in [2.05, 4.69) is 10.3 Å². The summed E-state index contributed by atoms with van der Waals surface area (Å²) in [6.07, 6.45) is -1.52. The number of thiazole rings is 1. The molecule has 2 heterocycles. The fraction of sp³-hybridized carbons (Fsp3) is 0.529. The molecule has 1 N–H and O–H groups in total. The van der Waals surface area contributed by atoms with Crippen LogP contribution in [0.1, 0.15) is 29.8 Å². The third-order valence-electron chi connectivity index (χ3n) is 4.49. The number of benzene rings is 1. The van der Waals surface area contributed by atoms with Crippen molar-refractivity contribution in [2.45, 2.75) is 37.9 Å². The predicted molar refractivity (Wildman–Crippen MR) is 91.6 cm³/mol. The second-order valence-corrected chi connectivity index (χ2v) is 7.37. The zero-order valence-corrected chi connectivity index (χ0v) is 14.7. The summed E-state index contributed by atoms with van der Waals surface area (Å²) in [6.45, 7) is 1.48. The van der Waals surface area contributed by atoms with Gasteiger partial charge >= 0.3 is 6.18 Å². The first-order valence-corrected chi connectivity index (χ1v) is 9.10. The molecule has 1 aliphatic heterocycles. The van der Waals surface area contributed by atoms with E-state index < -0.39 is 11.7 Å². The van der Waals surface area contributed by atoms with Gasteiger partial charge in [0.15, 0.2) is 0 Å². The average Bonchev–Trinajstić information content (AvgIpc) is 3.01. The van der Waals surface area contributed by atoms with Crippen molar-refractivity contribution in [2.75, 3.05) is 20.1 Å². The van der Waals surface area contributed by atoms with Crippen LogP contribution < -0.4 is 5.32 Å². The van der Waals surface area contributed by atoms with Crippen LogP contribution in [0.4, 0.5) is 13.2 Å². The van der Waals surface area contributed by atoms with Crippen molar-refractivity contribution in [3.8, 4) is 0 Å². The maximum atomic E-state index is 12.8. The van der Waals surface area contributed by atoms with E-state index in [-0.39, 0.29) is 5.91 Å². The number of nitrogens with one attached hydrogen (secondary N) is 1. The molecule has 1 atom stereocenters. The summed E-state index contributed by atoms with van der Waals surface area (Å²) in [5.74, 6) is 0.0789. The summed E-state index contributed by atoms with van der Waals surface area (Å²) in [5, 5.41) is 3.90. The Bertz CT molecular complexity index is 759. The van der Waals surface area contributed by atoms with Crippen molar-refractivity contribution < 1.29 is 18.0 Å². The summed E-state index contributed by atoms with van der Waals surface area (Å²) in [6, 6.07) is 3.92. The van der Waals surface area contributed by atoms with Crippen molar-refractivity contribution in [2.24, 2.45) is 0 Å². The Morgan fingerprint density at radius 2 is 2.24 bits per heavy atom. The number of likely N-dealkylation sites (tertiary alicyclic amines) is 1. The number of carbonyl (C=O) groups is 1. The Labute approximate surface area is 148 Å². The van der Waals surface area contributed by atoms with Crippen LogP contribution in [0.15, 0.2) is 18.2 Å². The molecule has 2 aromatic rings. The molecule has 0 spiro atoms. The molecule has 1 aromatic heterocycles. The number of aryl methyl sites for hydroxylation is 1. The van der Waals surface area contributed by atoms with Crippen LogP contribution in [-0.4, -0.2) is 42.0 Å². The normalized spacial score (nSPS) is 18.7. The minimum atomic E-state index is -4.37. The first-order chi connectivity index (χ1) is 11.9. The Hall–Kier alpha value is -1.67. The summed E-state index contributed by atoms with van der Waals surface area (Å²) in [7, 11) is 1.90. The summed E-state index contributed by atoms with van der Waals surface area (Å²) < 4.78 is 39.0. The maximum absolute atomic E-state index is 12.8. The van der Waals surface area contributed by atoms with Gasteiger partial charge in [0.2, 0.25) is 5.91 Å². The van der Waals surface area contributed by atoms with Crippen molar-refractivity contribution >= 4 is 27.5 Å². The number of likely N-dealkylation sites (N-methyl/N-ethyl adjacent to an activating group) is 1. The van der Waals surface area contributed by atoms with E-state index in [1.54, 1.807) is 0 Å². The molecule has 1 saturated heterocycles. The van der Waals surface area contributed by atoms with E-state index >= 15 is 0 Å². The van der Waals surface area contributed by atoms with Crippen LogP contribution in [0.3, 0.4) is 0 Å². The van der Waals surface area contributed by atoms with Crippen molar-refractivity contribution in [1.29, 1.82) is 0 Å². The van der Waals surface area contributed by atoms with Crippen molar-refractivity contribution in [3.63, 3.8) is 0 Å². The standard InChI is InChI=1S/C17H20F3N3OS/c1-21-12-3-2-8-23(10-12)16(24)7-6-15-22-13-9-11(17(18,19)20)4-5-14(13)25-15/h4-5,9,12,21H,2-3,6-8,10H2,1H3. The minimum Gasteiger partial charge on any atom is -0.341 e. The van der Waals surface area contributed by atoms with Crippen LogP contribution in [-0.2, 0) is 17.4 Å². The first-order valence-electron chi connectivity index (χ1n) is 8.28. The molecule has 1 fully saturated rings. The topological polar surface area (TPSA) is 45.2 Å². The van der Waals surface area contributed by atoms with Gasteiger partial charge in [-0.1, -0.05) is 0 Å². The van der Waals surface area contributed by atoms with E-state index in [0.717, 1.165) is 31.5 Å². The first kappa shape index (κ1) is 18.1. The van der Waals surface area contributed by atoms with Gasteiger partial charge in [0.25, 0.3) is 0 Å². The van der Waals surface area contributed by atoms with Gasteiger partial charge in [-0.05, 0) is 38.1 Å². The number of aromatic nitrogens is 1. The highest BCUT2D eigenvalue weighted by Gasteiger charge is 2.30. The monoisotopic (exact) mass is 371 g/mol. The number of hydrogen-bond donors (Lipinski definition) is 1. The van der Waals surface area contributed by atoms with Crippen LogP contribution in [0, 0.1) is 0 Å². The van der Waals surface area contributed by atoms with E-state index in [9.17, 15) is 18.0 Å².